The summed E-state index contributed by atoms with van der Waals surface area (Å²) in [6.07, 6.45) is 1.66. The molecule has 1 N–H and O–H groups in total. The first-order valence-electron chi connectivity index (χ1n) is 11.1. The molecule has 7 nitrogen and oxygen atoms in total. The highest BCUT2D eigenvalue weighted by atomic mass is 35.5. The first-order valence-corrected chi connectivity index (χ1v) is 11.4. The number of amides is 1. The number of carbonyl (C=O) groups excluding carboxylic acids is 1. The molecule has 1 aliphatic rings. The van der Waals surface area contributed by atoms with E-state index >= 15 is 0 Å². The summed E-state index contributed by atoms with van der Waals surface area (Å²) < 4.78 is 1.38. The number of halogens is 1. The van der Waals surface area contributed by atoms with Crippen molar-refractivity contribution < 1.29 is 4.79 Å². The molecular weight excluding hydrogens is 438 g/mol. The molecule has 33 heavy (non-hydrogen) atoms. The number of hydrogen-bond acceptors (Lipinski definition) is 5. The molecule has 1 aromatic heterocycles. The third kappa shape index (κ3) is 5.43. The molecule has 8 heteroatoms. The lowest BCUT2D eigenvalue weighted by molar-refractivity contribution is -0.117. The highest BCUT2D eigenvalue weighted by Crippen LogP contribution is 2.23. The molecule has 0 saturated carbocycles. The quantitative estimate of drug-likeness (QED) is 0.604. The van der Waals surface area contributed by atoms with Crippen LogP contribution in [0.4, 0.5) is 11.4 Å². The van der Waals surface area contributed by atoms with E-state index in [-0.39, 0.29) is 16.5 Å². The number of para-hydroxylation sites is 1. The largest absolute Gasteiger partial charge is 0.366 e. The van der Waals surface area contributed by atoms with Crippen molar-refractivity contribution in [3.05, 3.63) is 86.8 Å². The standard InChI is InChI=1S/C25H28ClN5O2/c1-18-7-6-8-19(2)24(18)28-22(32)17-29-11-13-30(14-12-29)21-15-27-31(25(33)23(21)26)16-20-9-4-3-5-10-20/h3-10,15H,11-14,16-17H2,1-2H3,(H,28,32). The van der Waals surface area contributed by atoms with Crippen LogP contribution in [0.1, 0.15) is 16.7 Å². The molecule has 172 valence electrons. The lowest BCUT2D eigenvalue weighted by Crippen LogP contribution is -2.49. The molecule has 2 heterocycles. The summed E-state index contributed by atoms with van der Waals surface area (Å²) in [6.45, 7) is 7.42. The van der Waals surface area contributed by atoms with Gasteiger partial charge in [0.15, 0.2) is 0 Å². The third-order valence-electron chi connectivity index (χ3n) is 5.97. The minimum Gasteiger partial charge on any atom is -0.366 e. The monoisotopic (exact) mass is 465 g/mol. The summed E-state index contributed by atoms with van der Waals surface area (Å²) in [4.78, 5) is 29.5. The van der Waals surface area contributed by atoms with Crippen LogP contribution in [0.3, 0.4) is 0 Å². The molecule has 1 fully saturated rings. The van der Waals surface area contributed by atoms with Gasteiger partial charge in [-0.15, -0.1) is 0 Å². The van der Waals surface area contributed by atoms with Gasteiger partial charge in [0.05, 0.1) is 25.0 Å². The lowest BCUT2D eigenvalue weighted by Gasteiger charge is -2.35. The first-order chi connectivity index (χ1) is 15.9. The van der Waals surface area contributed by atoms with Gasteiger partial charge in [-0.05, 0) is 30.5 Å². The van der Waals surface area contributed by atoms with Crippen molar-refractivity contribution in [2.75, 3.05) is 42.9 Å². The number of anilines is 2. The Morgan fingerprint density at radius 2 is 1.67 bits per heavy atom. The fourth-order valence-corrected chi connectivity index (χ4v) is 4.35. The van der Waals surface area contributed by atoms with Crippen molar-refractivity contribution in [2.45, 2.75) is 20.4 Å². The summed E-state index contributed by atoms with van der Waals surface area (Å²) >= 11 is 6.45. The van der Waals surface area contributed by atoms with E-state index in [1.165, 1.54) is 4.68 Å². The van der Waals surface area contributed by atoms with Crippen LogP contribution in [-0.2, 0) is 11.3 Å². The summed E-state index contributed by atoms with van der Waals surface area (Å²) in [5, 5.41) is 7.57. The number of nitrogens with zero attached hydrogens (tertiary/aromatic N) is 4. The number of benzene rings is 2. The number of aryl methyl sites for hydroxylation is 2. The lowest BCUT2D eigenvalue weighted by atomic mass is 10.1. The molecule has 3 aromatic rings. The molecule has 2 aromatic carbocycles. The van der Waals surface area contributed by atoms with E-state index in [1.54, 1.807) is 6.20 Å². The molecule has 1 aliphatic heterocycles. The van der Waals surface area contributed by atoms with Gasteiger partial charge in [-0.1, -0.05) is 60.1 Å². The van der Waals surface area contributed by atoms with Gasteiger partial charge in [-0.3, -0.25) is 14.5 Å². The maximum absolute atomic E-state index is 12.8. The highest BCUT2D eigenvalue weighted by Gasteiger charge is 2.23. The highest BCUT2D eigenvalue weighted by molar-refractivity contribution is 6.33. The predicted molar refractivity (Wildman–Crippen MR) is 132 cm³/mol. The van der Waals surface area contributed by atoms with Gasteiger partial charge in [-0.25, -0.2) is 4.68 Å². The molecule has 0 atom stereocenters. The molecule has 0 radical (unpaired) electrons. The minimum absolute atomic E-state index is 0.0240. The average molecular weight is 466 g/mol. The second kappa shape index (κ2) is 10.2. The summed E-state index contributed by atoms with van der Waals surface area (Å²) in [6, 6.07) is 15.7. The van der Waals surface area contributed by atoms with Gasteiger partial charge >= 0.3 is 0 Å². The van der Waals surface area contributed by atoms with Gasteiger partial charge in [-0.2, -0.15) is 5.10 Å². The zero-order chi connectivity index (χ0) is 23.4. The fraction of sp³-hybridized carbons (Fsp3) is 0.320. The predicted octanol–water partition coefficient (Wildman–Crippen LogP) is 3.32. The van der Waals surface area contributed by atoms with Crippen molar-refractivity contribution in [2.24, 2.45) is 0 Å². The van der Waals surface area contributed by atoms with Gasteiger partial charge in [0.1, 0.15) is 5.02 Å². The topological polar surface area (TPSA) is 70.5 Å². The van der Waals surface area contributed by atoms with Crippen molar-refractivity contribution in [3.8, 4) is 0 Å². The van der Waals surface area contributed by atoms with Crippen LogP contribution in [0, 0.1) is 13.8 Å². The Bertz CT molecular complexity index is 1170. The molecule has 0 spiro atoms. The van der Waals surface area contributed by atoms with E-state index < -0.39 is 0 Å². The van der Waals surface area contributed by atoms with Crippen LogP contribution in [0.15, 0.2) is 59.5 Å². The van der Waals surface area contributed by atoms with E-state index in [4.69, 9.17) is 11.6 Å². The molecule has 0 bridgehead atoms. The summed E-state index contributed by atoms with van der Waals surface area (Å²) in [5.74, 6) is -0.0240. The molecule has 1 amide bonds. The van der Waals surface area contributed by atoms with E-state index in [0.29, 0.717) is 45.0 Å². The molecule has 1 saturated heterocycles. The molecular formula is C25H28ClN5O2. The van der Waals surface area contributed by atoms with E-state index in [1.807, 2.05) is 62.4 Å². The average Bonchev–Trinajstić information content (AvgIpc) is 2.81. The Morgan fingerprint density at radius 3 is 2.33 bits per heavy atom. The van der Waals surface area contributed by atoms with E-state index in [2.05, 4.69) is 20.2 Å². The summed E-state index contributed by atoms with van der Waals surface area (Å²) in [5.41, 5.74) is 4.33. The van der Waals surface area contributed by atoms with Gasteiger partial charge < -0.3 is 10.2 Å². The Hall–Kier alpha value is -3.16. The number of hydrogen-bond donors (Lipinski definition) is 1. The van der Waals surface area contributed by atoms with Gasteiger partial charge in [0.2, 0.25) is 5.91 Å². The van der Waals surface area contributed by atoms with Crippen LogP contribution >= 0.6 is 11.6 Å². The minimum atomic E-state index is -0.298. The number of carbonyl (C=O) groups is 1. The zero-order valence-corrected chi connectivity index (χ0v) is 19.7. The van der Waals surface area contributed by atoms with Crippen LogP contribution in [0.2, 0.25) is 5.02 Å². The van der Waals surface area contributed by atoms with Gasteiger partial charge in [0, 0.05) is 31.9 Å². The Balaban J connectivity index is 1.35. The number of rotatable bonds is 6. The number of aromatic nitrogens is 2. The smallest absolute Gasteiger partial charge is 0.287 e. The second-order valence-corrected chi connectivity index (χ2v) is 8.75. The van der Waals surface area contributed by atoms with Crippen molar-refractivity contribution >= 4 is 28.9 Å². The number of piperazine rings is 1. The Morgan fingerprint density at radius 1 is 1.00 bits per heavy atom. The van der Waals surface area contributed by atoms with Crippen molar-refractivity contribution in [3.63, 3.8) is 0 Å². The van der Waals surface area contributed by atoms with Crippen molar-refractivity contribution in [1.82, 2.24) is 14.7 Å². The SMILES string of the molecule is Cc1cccc(C)c1NC(=O)CN1CCN(c2cnn(Cc3ccccc3)c(=O)c2Cl)CC1. The maximum atomic E-state index is 12.8. The molecule has 0 aliphatic carbocycles. The number of nitrogens with one attached hydrogen (secondary N) is 1. The normalized spacial score (nSPS) is 14.3. The summed E-state index contributed by atoms with van der Waals surface area (Å²) in [7, 11) is 0. The van der Waals surface area contributed by atoms with E-state index in [0.717, 1.165) is 22.4 Å². The van der Waals surface area contributed by atoms with Crippen LogP contribution < -0.4 is 15.8 Å². The third-order valence-corrected chi connectivity index (χ3v) is 6.32. The van der Waals surface area contributed by atoms with Crippen molar-refractivity contribution in [1.29, 1.82) is 0 Å². The van der Waals surface area contributed by atoms with Crippen LogP contribution in [0.25, 0.3) is 0 Å². The molecule has 4 rings (SSSR count). The zero-order valence-electron chi connectivity index (χ0n) is 18.9. The van der Waals surface area contributed by atoms with Crippen LogP contribution in [-0.4, -0.2) is 53.3 Å². The first kappa shape index (κ1) is 23.0. The Labute approximate surface area is 198 Å². The molecule has 0 unspecified atom stereocenters. The Kier molecular flexibility index (Phi) is 7.11. The fourth-order valence-electron chi connectivity index (χ4n) is 4.09. The maximum Gasteiger partial charge on any atom is 0.287 e. The van der Waals surface area contributed by atoms with Crippen LogP contribution in [0.5, 0.6) is 0 Å². The second-order valence-electron chi connectivity index (χ2n) is 8.37. The van der Waals surface area contributed by atoms with E-state index in [9.17, 15) is 9.59 Å². The van der Waals surface area contributed by atoms with Gasteiger partial charge in [0.25, 0.3) is 5.56 Å².